The number of nitrogens with two attached hydrogens (primary N) is 1. The van der Waals surface area contributed by atoms with E-state index in [0.717, 1.165) is 21.6 Å². The summed E-state index contributed by atoms with van der Waals surface area (Å²) in [6.07, 6.45) is 0. The van der Waals surface area contributed by atoms with Crippen molar-refractivity contribution in [2.45, 2.75) is 6.92 Å². The number of hydrogen-bond donors (Lipinski definition) is 2. The van der Waals surface area contributed by atoms with Crippen molar-refractivity contribution in [2.75, 3.05) is 5.73 Å². The Morgan fingerprint density at radius 3 is 2.94 bits per heavy atom. The Balaban J connectivity index is 2.21. The number of thiophene rings is 1. The van der Waals surface area contributed by atoms with Crippen molar-refractivity contribution >= 4 is 28.1 Å². The molecule has 86 valence electrons. The predicted octanol–water partition coefficient (Wildman–Crippen LogP) is 3.32. The first kappa shape index (κ1) is 10.3. The zero-order valence-electron chi connectivity index (χ0n) is 9.12. The maximum absolute atomic E-state index is 13.1. The summed E-state index contributed by atoms with van der Waals surface area (Å²) in [6.45, 7) is 1.96. The molecule has 0 saturated heterocycles. The number of aromatic amines is 1. The molecular weight excluding hydrogens is 237 g/mol. The molecule has 0 amide bonds. The van der Waals surface area contributed by atoms with Crippen LogP contribution < -0.4 is 5.73 Å². The number of nitrogens with zero attached hydrogens (tertiary/aromatic N) is 1. The van der Waals surface area contributed by atoms with Gasteiger partial charge in [-0.15, -0.1) is 11.3 Å². The maximum atomic E-state index is 13.1. The number of anilines is 1. The average molecular weight is 247 g/mol. The zero-order chi connectivity index (χ0) is 12.0. The van der Waals surface area contributed by atoms with Gasteiger partial charge >= 0.3 is 0 Å². The van der Waals surface area contributed by atoms with Crippen LogP contribution >= 0.6 is 11.3 Å². The third kappa shape index (κ3) is 1.59. The summed E-state index contributed by atoms with van der Waals surface area (Å²) in [4.78, 5) is 8.39. The molecule has 0 spiro atoms. The summed E-state index contributed by atoms with van der Waals surface area (Å²) in [6, 6.07) is 4.49. The van der Waals surface area contributed by atoms with Gasteiger partial charge in [-0.05, 0) is 36.1 Å². The Morgan fingerprint density at radius 2 is 2.24 bits per heavy atom. The van der Waals surface area contributed by atoms with E-state index in [4.69, 9.17) is 5.73 Å². The topological polar surface area (TPSA) is 54.7 Å². The van der Waals surface area contributed by atoms with Crippen LogP contribution in [0.25, 0.3) is 21.7 Å². The quantitative estimate of drug-likeness (QED) is 0.693. The molecule has 0 aliphatic carbocycles. The summed E-state index contributed by atoms with van der Waals surface area (Å²) in [5, 5.41) is 1.98. The van der Waals surface area contributed by atoms with Crippen molar-refractivity contribution in [1.82, 2.24) is 9.97 Å². The number of nitrogens with one attached hydrogen (secondary N) is 1. The van der Waals surface area contributed by atoms with Crippen LogP contribution in [0.5, 0.6) is 0 Å². The lowest BCUT2D eigenvalue weighted by Gasteiger charge is -1.94. The number of nitrogen functional groups attached to an aromatic ring is 1. The van der Waals surface area contributed by atoms with E-state index in [1.807, 2.05) is 12.3 Å². The second kappa shape index (κ2) is 3.56. The number of aromatic nitrogens is 2. The zero-order valence-corrected chi connectivity index (χ0v) is 9.94. The first-order chi connectivity index (χ1) is 8.15. The number of rotatable bonds is 1. The van der Waals surface area contributed by atoms with Gasteiger partial charge in [0, 0.05) is 0 Å². The molecule has 3 N–H and O–H groups in total. The maximum Gasteiger partial charge on any atom is 0.150 e. The molecule has 2 aromatic heterocycles. The van der Waals surface area contributed by atoms with Gasteiger partial charge in [0.05, 0.1) is 21.6 Å². The summed E-state index contributed by atoms with van der Waals surface area (Å²) in [5.41, 5.74) is 9.16. The minimum absolute atomic E-state index is 0.275. The van der Waals surface area contributed by atoms with E-state index >= 15 is 0 Å². The molecule has 0 aliphatic heterocycles. The van der Waals surface area contributed by atoms with Crippen LogP contribution in [-0.2, 0) is 0 Å². The smallest absolute Gasteiger partial charge is 0.150 e. The molecule has 5 heteroatoms. The highest BCUT2D eigenvalue weighted by molar-refractivity contribution is 7.14. The number of benzene rings is 1. The highest BCUT2D eigenvalue weighted by Crippen LogP contribution is 2.33. The molecule has 1 aromatic carbocycles. The van der Waals surface area contributed by atoms with E-state index in [-0.39, 0.29) is 5.82 Å². The van der Waals surface area contributed by atoms with Crippen LogP contribution in [0.1, 0.15) is 5.56 Å². The van der Waals surface area contributed by atoms with Crippen LogP contribution in [0.2, 0.25) is 0 Å². The van der Waals surface area contributed by atoms with E-state index in [1.54, 1.807) is 6.07 Å². The molecule has 2 heterocycles. The lowest BCUT2D eigenvalue weighted by atomic mass is 10.3. The fourth-order valence-electron chi connectivity index (χ4n) is 1.73. The van der Waals surface area contributed by atoms with Crippen molar-refractivity contribution in [3.63, 3.8) is 0 Å². The van der Waals surface area contributed by atoms with Crippen molar-refractivity contribution in [1.29, 1.82) is 0 Å². The van der Waals surface area contributed by atoms with Crippen LogP contribution in [0.4, 0.5) is 10.1 Å². The van der Waals surface area contributed by atoms with E-state index in [1.165, 1.54) is 23.5 Å². The molecule has 0 unspecified atom stereocenters. The van der Waals surface area contributed by atoms with Crippen LogP contribution in [-0.4, -0.2) is 9.97 Å². The normalized spacial score (nSPS) is 11.2. The lowest BCUT2D eigenvalue weighted by molar-refractivity contribution is 0.629. The molecule has 0 atom stereocenters. The molecule has 0 aliphatic rings. The van der Waals surface area contributed by atoms with Crippen molar-refractivity contribution < 1.29 is 4.39 Å². The van der Waals surface area contributed by atoms with Crippen LogP contribution in [0, 0.1) is 12.7 Å². The largest absolute Gasteiger partial charge is 0.397 e. The predicted molar refractivity (Wildman–Crippen MR) is 68.5 cm³/mol. The van der Waals surface area contributed by atoms with Gasteiger partial charge in [0.2, 0.25) is 0 Å². The summed E-state index contributed by atoms with van der Waals surface area (Å²) >= 11 is 1.54. The fraction of sp³-hybridized carbons (Fsp3) is 0.0833. The number of H-pyrrole nitrogens is 1. The first-order valence-electron chi connectivity index (χ1n) is 5.14. The number of imidazole rings is 1. The fourth-order valence-corrected chi connectivity index (χ4v) is 2.64. The SMILES string of the molecule is Cc1csc(-c2nc3ccc(F)cc3[nH]2)c1N. The van der Waals surface area contributed by atoms with Gasteiger partial charge in [-0.1, -0.05) is 0 Å². The highest BCUT2D eigenvalue weighted by atomic mass is 32.1. The molecule has 0 radical (unpaired) electrons. The molecule has 0 bridgehead atoms. The Hall–Kier alpha value is -1.88. The standard InChI is InChI=1S/C12H10FN3S/c1-6-5-17-11(10(6)14)12-15-8-3-2-7(13)4-9(8)16-12/h2-5H,14H2,1H3,(H,15,16). The molecule has 0 saturated carbocycles. The first-order valence-corrected chi connectivity index (χ1v) is 6.02. The number of fused-ring (bicyclic) bond motifs is 1. The second-order valence-corrected chi connectivity index (χ2v) is 4.79. The lowest BCUT2D eigenvalue weighted by Crippen LogP contribution is -1.87. The molecule has 3 rings (SSSR count). The van der Waals surface area contributed by atoms with Gasteiger partial charge in [0.1, 0.15) is 5.82 Å². The Labute approximate surface area is 101 Å². The minimum Gasteiger partial charge on any atom is -0.397 e. The molecule has 3 aromatic rings. The summed E-state index contributed by atoms with van der Waals surface area (Å²) in [7, 11) is 0. The van der Waals surface area contributed by atoms with Crippen LogP contribution in [0.15, 0.2) is 23.6 Å². The van der Waals surface area contributed by atoms with E-state index in [2.05, 4.69) is 9.97 Å². The average Bonchev–Trinajstić information content (AvgIpc) is 2.83. The molecule has 3 nitrogen and oxygen atoms in total. The van der Waals surface area contributed by atoms with Crippen molar-refractivity contribution in [3.8, 4) is 10.7 Å². The third-order valence-corrected chi connectivity index (χ3v) is 3.80. The highest BCUT2D eigenvalue weighted by Gasteiger charge is 2.12. The Morgan fingerprint density at radius 1 is 1.41 bits per heavy atom. The minimum atomic E-state index is -0.275. The monoisotopic (exact) mass is 247 g/mol. The van der Waals surface area contributed by atoms with Crippen LogP contribution in [0.3, 0.4) is 0 Å². The third-order valence-electron chi connectivity index (χ3n) is 2.68. The Bertz CT molecular complexity index is 699. The summed E-state index contributed by atoms with van der Waals surface area (Å²) in [5.74, 6) is 0.421. The number of hydrogen-bond acceptors (Lipinski definition) is 3. The molecule has 0 fully saturated rings. The van der Waals surface area contributed by atoms with Crippen molar-refractivity contribution in [3.05, 3.63) is 35.0 Å². The van der Waals surface area contributed by atoms with Gasteiger partial charge in [-0.3, -0.25) is 0 Å². The van der Waals surface area contributed by atoms with E-state index in [0.29, 0.717) is 11.3 Å². The number of aryl methyl sites for hydroxylation is 1. The number of halogens is 1. The van der Waals surface area contributed by atoms with Gasteiger partial charge in [0.25, 0.3) is 0 Å². The van der Waals surface area contributed by atoms with Gasteiger partial charge in [-0.25, -0.2) is 9.37 Å². The molecule has 17 heavy (non-hydrogen) atoms. The van der Waals surface area contributed by atoms with E-state index in [9.17, 15) is 4.39 Å². The van der Waals surface area contributed by atoms with Gasteiger partial charge in [0.15, 0.2) is 5.82 Å². The van der Waals surface area contributed by atoms with Crippen molar-refractivity contribution in [2.24, 2.45) is 0 Å². The Kier molecular flexibility index (Phi) is 2.16. The van der Waals surface area contributed by atoms with Gasteiger partial charge < -0.3 is 10.7 Å². The molecular formula is C12H10FN3S. The van der Waals surface area contributed by atoms with Gasteiger partial charge in [-0.2, -0.15) is 0 Å². The second-order valence-electron chi connectivity index (χ2n) is 3.91. The van der Waals surface area contributed by atoms with E-state index < -0.39 is 0 Å². The summed E-state index contributed by atoms with van der Waals surface area (Å²) < 4.78 is 13.1.